The number of ether oxygens (including phenoxy) is 2. The van der Waals surface area contributed by atoms with E-state index >= 15 is 0 Å². The van der Waals surface area contributed by atoms with Crippen LogP contribution >= 0.6 is 0 Å². The van der Waals surface area contributed by atoms with E-state index in [2.05, 4.69) is 48.1 Å². The van der Waals surface area contributed by atoms with Crippen molar-refractivity contribution in [1.82, 2.24) is 0 Å². The minimum Gasteiger partial charge on any atom is -0.481 e. The Labute approximate surface area is 287 Å². The zero-order valence-corrected chi connectivity index (χ0v) is 31.8. The Bertz CT molecular complexity index is 1190. The van der Waals surface area contributed by atoms with Gasteiger partial charge in [0, 0.05) is 19.1 Å². The topological polar surface area (TPSA) is 72.8 Å². The van der Waals surface area contributed by atoms with Crippen molar-refractivity contribution >= 4 is 11.9 Å². The third-order valence-electron chi connectivity index (χ3n) is 16.4. The third-order valence-corrected chi connectivity index (χ3v) is 16.4. The molecule has 1 N–H and O–H groups in total. The van der Waals surface area contributed by atoms with E-state index in [9.17, 15) is 14.7 Å². The molecular weight excluding hydrogens is 584 g/mol. The van der Waals surface area contributed by atoms with Crippen LogP contribution in [0.25, 0.3) is 0 Å². The number of fused-ring (bicyclic) bond motifs is 7. The van der Waals surface area contributed by atoms with Gasteiger partial charge in [-0.05, 0) is 149 Å². The number of allylic oxidation sites excluding steroid dienone is 1. The Kier molecular flexibility index (Phi) is 10.3. The molecule has 47 heavy (non-hydrogen) atoms. The standard InChI is InChI=1S/C42H70O5/c1-28(2)29-17-23-42(20-13-11-12-14-26-46-10)25-24-40(8)30(35(29)42)15-16-32-39(7)21-19-33(47-34(43)27-37(3,4)36(44)45)38(5,6)31(39)18-22-41(32,40)9/h29-33,35H,1,11-27H2,2-10H3,(H,44,45)/t29-,30+,31-,32+,33-,35+,39-,40+,41+,42+/m0/s1. The fraction of sp³-hybridized carbons (Fsp3) is 0.905. The summed E-state index contributed by atoms with van der Waals surface area (Å²) in [5, 5.41) is 9.59. The monoisotopic (exact) mass is 655 g/mol. The van der Waals surface area contributed by atoms with Gasteiger partial charge in [0.1, 0.15) is 6.10 Å². The zero-order valence-electron chi connectivity index (χ0n) is 31.8. The van der Waals surface area contributed by atoms with Gasteiger partial charge in [0.15, 0.2) is 0 Å². The van der Waals surface area contributed by atoms with Crippen molar-refractivity contribution in [2.75, 3.05) is 13.7 Å². The van der Waals surface area contributed by atoms with Gasteiger partial charge in [-0.15, -0.1) is 0 Å². The van der Waals surface area contributed by atoms with Crippen LogP contribution in [0.4, 0.5) is 0 Å². The third kappa shape index (κ3) is 6.07. The smallest absolute Gasteiger partial charge is 0.309 e. The summed E-state index contributed by atoms with van der Waals surface area (Å²) < 4.78 is 11.5. The normalized spacial score (nSPS) is 42.4. The second-order valence-corrected chi connectivity index (χ2v) is 19.4. The molecule has 0 aromatic carbocycles. The van der Waals surface area contributed by atoms with Crippen molar-refractivity contribution in [3.63, 3.8) is 0 Å². The van der Waals surface area contributed by atoms with E-state index in [-0.39, 0.29) is 29.3 Å². The number of unbranched alkanes of at least 4 members (excludes halogenated alkanes) is 3. The molecule has 5 fully saturated rings. The van der Waals surface area contributed by atoms with E-state index in [0.29, 0.717) is 34.0 Å². The Morgan fingerprint density at radius 2 is 1.53 bits per heavy atom. The molecular formula is C42H70O5. The van der Waals surface area contributed by atoms with Gasteiger partial charge in [-0.1, -0.05) is 66.0 Å². The van der Waals surface area contributed by atoms with Crippen LogP contribution < -0.4 is 0 Å². The average Bonchev–Trinajstić information content (AvgIpc) is 3.36. The van der Waals surface area contributed by atoms with Gasteiger partial charge in [0.2, 0.25) is 0 Å². The number of aliphatic carboxylic acids is 1. The van der Waals surface area contributed by atoms with Gasteiger partial charge in [-0.25, -0.2) is 0 Å². The van der Waals surface area contributed by atoms with Gasteiger partial charge < -0.3 is 14.6 Å². The summed E-state index contributed by atoms with van der Waals surface area (Å²) in [6.07, 6.45) is 18.9. The minimum absolute atomic E-state index is 0.0844. The molecule has 10 atom stereocenters. The van der Waals surface area contributed by atoms with Crippen LogP contribution in [0.15, 0.2) is 12.2 Å². The molecule has 0 bridgehead atoms. The van der Waals surface area contributed by atoms with Gasteiger partial charge in [-0.3, -0.25) is 9.59 Å². The number of hydrogen-bond acceptors (Lipinski definition) is 4. The van der Waals surface area contributed by atoms with Crippen LogP contribution in [-0.4, -0.2) is 36.9 Å². The first-order chi connectivity index (χ1) is 21.9. The predicted molar refractivity (Wildman–Crippen MR) is 190 cm³/mol. The number of carboxylic acid groups (broad SMARTS) is 1. The van der Waals surface area contributed by atoms with Crippen LogP contribution in [0, 0.1) is 62.1 Å². The van der Waals surface area contributed by atoms with Gasteiger partial charge in [0.05, 0.1) is 11.8 Å². The summed E-state index contributed by atoms with van der Waals surface area (Å²) in [5.41, 5.74) is 1.54. The summed E-state index contributed by atoms with van der Waals surface area (Å²) in [6, 6.07) is 0. The lowest BCUT2D eigenvalue weighted by Crippen LogP contribution is -2.66. The zero-order chi connectivity index (χ0) is 34.6. The quantitative estimate of drug-likeness (QED) is 0.129. The lowest BCUT2D eigenvalue weighted by molar-refractivity contribution is -0.250. The average molecular weight is 655 g/mol. The predicted octanol–water partition coefficient (Wildman–Crippen LogP) is 10.7. The number of carbonyl (C=O) groups excluding carboxylic acids is 1. The highest BCUT2D eigenvalue weighted by molar-refractivity contribution is 5.81. The van der Waals surface area contributed by atoms with Crippen molar-refractivity contribution in [3.8, 4) is 0 Å². The molecule has 0 heterocycles. The fourth-order valence-electron chi connectivity index (χ4n) is 13.6. The lowest BCUT2D eigenvalue weighted by Gasteiger charge is -2.73. The van der Waals surface area contributed by atoms with Gasteiger partial charge in [-0.2, -0.15) is 0 Å². The first kappa shape index (κ1) is 36.9. The van der Waals surface area contributed by atoms with Crippen LogP contribution in [0.5, 0.6) is 0 Å². The maximum absolute atomic E-state index is 13.1. The summed E-state index contributed by atoms with van der Waals surface area (Å²) in [4.78, 5) is 24.8. The molecule has 0 amide bonds. The molecule has 5 aliphatic rings. The van der Waals surface area contributed by atoms with Crippen molar-refractivity contribution in [2.24, 2.45) is 62.1 Å². The van der Waals surface area contributed by atoms with E-state index in [1.165, 1.54) is 89.0 Å². The van der Waals surface area contributed by atoms with Crippen LogP contribution in [0.3, 0.4) is 0 Å². The molecule has 0 aromatic heterocycles. The Hall–Kier alpha value is -1.36. The molecule has 5 heteroatoms. The highest BCUT2D eigenvalue weighted by Crippen LogP contribution is 2.78. The molecule has 5 rings (SSSR count). The minimum atomic E-state index is -1.12. The van der Waals surface area contributed by atoms with Crippen molar-refractivity contribution in [3.05, 3.63) is 12.2 Å². The number of carboxylic acids is 1. The molecule has 0 saturated heterocycles. The SMILES string of the molecule is C=C(C)[C@@H]1CC[C@]2(CCCCCCOC)CC[C@]3(C)[C@H](CC[C@@H]4[C@@]5(C)CC[C@H](OC(=O)CC(C)(C)C(=O)O)C(C)(C)[C@@H]5CC[C@]43C)[C@@H]12. The van der Waals surface area contributed by atoms with E-state index in [1.807, 2.05) is 7.11 Å². The Balaban J connectivity index is 1.36. The number of methoxy groups -OCH3 is 1. The molecule has 268 valence electrons. The number of rotatable bonds is 12. The molecule has 0 unspecified atom stereocenters. The lowest BCUT2D eigenvalue weighted by atomic mass is 9.32. The first-order valence-corrected chi connectivity index (χ1v) is 19.5. The molecule has 0 aliphatic heterocycles. The fourth-order valence-corrected chi connectivity index (χ4v) is 13.6. The largest absolute Gasteiger partial charge is 0.481 e. The van der Waals surface area contributed by atoms with Gasteiger partial charge in [0.25, 0.3) is 0 Å². The molecule has 0 aromatic rings. The van der Waals surface area contributed by atoms with Crippen LogP contribution in [-0.2, 0) is 19.1 Å². The van der Waals surface area contributed by atoms with Crippen molar-refractivity contribution < 1.29 is 24.2 Å². The summed E-state index contributed by atoms with van der Waals surface area (Å²) >= 11 is 0. The first-order valence-electron chi connectivity index (χ1n) is 19.5. The number of carbonyl (C=O) groups is 2. The Morgan fingerprint density at radius 3 is 2.19 bits per heavy atom. The van der Waals surface area contributed by atoms with Crippen LogP contribution in [0.2, 0.25) is 0 Å². The molecule has 5 aliphatic carbocycles. The highest BCUT2D eigenvalue weighted by atomic mass is 16.5. The van der Waals surface area contributed by atoms with E-state index < -0.39 is 11.4 Å². The molecule has 0 radical (unpaired) electrons. The van der Waals surface area contributed by atoms with Gasteiger partial charge >= 0.3 is 11.9 Å². The maximum atomic E-state index is 13.1. The number of hydrogen-bond donors (Lipinski definition) is 1. The van der Waals surface area contributed by atoms with E-state index in [4.69, 9.17) is 9.47 Å². The Morgan fingerprint density at radius 1 is 0.830 bits per heavy atom. The molecule has 5 nitrogen and oxygen atoms in total. The van der Waals surface area contributed by atoms with E-state index in [1.54, 1.807) is 13.8 Å². The number of esters is 1. The highest BCUT2D eigenvalue weighted by Gasteiger charge is 2.71. The summed E-state index contributed by atoms with van der Waals surface area (Å²) in [7, 11) is 1.82. The second-order valence-electron chi connectivity index (χ2n) is 19.4. The van der Waals surface area contributed by atoms with Crippen molar-refractivity contribution in [2.45, 2.75) is 164 Å². The van der Waals surface area contributed by atoms with E-state index in [0.717, 1.165) is 31.3 Å². The second kappa shape index (κ2) is 13.1. The molecule has 5 saturated carbocycles. The summed E-state index contributed by atoms with van der Waals surface area (Å²) in [5.74, 6) is 2.08. The van der Waals surface area contributed by atoms with Crippen LogP contribution in [0.1, 0.15) is 158 Å². The maximum Gasteiger partial charge on any atom is 0.309 e. The summed E-state index contributed by atoms with van der Waals surface area (Å²) in [6.45, 7) is 23.8. The molecule has 0 spiro atoms. The van der Waals surface area contributed by atoms with Crippen molar-refractivity contribution in [1.29, 1.82) is 0 Å².